The largest absolute Gasteiger partial charge is 0.384 e. The van der Waals surface area contributed by atoms with Crippen LogP contribution in [-0.4, -0.2) is 44.8 Å². The molecule has 3 nitrogen and oxygen atoms in total. The lowest BCUT2D eigenvalue weighted by molar-refractivity contribution is 0.197. The van der Waals surface area contributed by atoms with Crippen molar-refractivity contribution in [1.82, 2.24) is 4.90 Å². The minimum absolute atomic E-state index is 0.515. The molecular weight excluding hydrogens is 248 g/mol. The van der Waals surface area contributed by atoms with Crippen LogP contribution in [0, 0.1) is 5.92 Å². The third-order valence-electron chi connectivity index (χ3n) is 4.34. The van der Waals surface area contributed by atoms with Crippen LogP contribution in [0.4, 0.5) is 5.69 Å². The van der Waals surface area contributed by atoms with Crippen molar-refractivity contribution in [2.45, 2.75) is 32.2 Å². The molecule has 0 spiro atoms. The van der Waals surface area contributed by atoms with Gasteiger partial charge in [0.2, 0.25) is 0 Å². The van der Waals surface area contributed by atoms with Gasteiger partial charge in [-0.15, -0.1) is 0 Å². The highest BCUT2D eigenvalue weighted by atomic mass is 16.5. The van der Waals surface area contributed by atoms with Gasteiger partial charge in [0.05, 0.1) is 6.61 Å². The zero-order valence-corrected chi connectivity index (χ0v) is 13.1. The first-order valence-electron chi connectivity index (χ1n) is 7.72. The highest BCUT2D eigenvalue weighted by Crippen LogP contribution is 2.23. The number of hydrogen-bond donors (Lipinski definition) is 1. The molecule has 1 aromatic rings. The van der Waals surface area contributed by atoms with Crippen molar-refractivity contribution in [2.75, 3.05) is 39.2 Å². The maximum absolute atomic E-state index is 5.20. The van der Waals surface area contributed by atoms with Crippen LogP contribution in [0.15, 0.2) is 24.3 Å². The molecule has 0 saturated carbocycles. The zero-order chi connectivity index (χ0) is 14.4. The molecule has 0 aromatic heterocycles. The number of nitrogens with one attached hydrogen (secondary N) is 1. The molecule has 112 valence electrons. The Kier molecular flexibility index (Phi) is 5.86. The maximum Gasteiger partial charge on any atom is 0.0503 e. The van der Waals surface area contributed by atoms with Gasteiger partial charge in [0.15, 0.2) is 0 Å². The summed E-state index contributed by atoms with van der Waals surface area (Å²) in [6.07, 6.45) is 3.62. The van der Waals surface area contributed by atoms with Crippen LogP contribution in [-0.2, 0) is 11.2 Å². The Bertz CT molecular complexity index is 408. The van der Waals surface area contributed by atoms with E-state index in [0.29, 0.717) is 6.04 Å². The van der Waals surface area contributed by atoms with Gasteiger partial charge in [0.25, 0.3) is 0 Å². The van der Waals surface area contributed by atoms with Crippen molar-refractivity contribution in [2.24, 2.45) is 5.92 Å². The van der Waals surface area contributed by atoms with Crippen LogP contribution in [0.3, 0.4) is 0 Å². The van der Waals surface area contributed by atoms with Crippen molar-refractivity contribution in [3.63, 3.8) is 0 Å². The Morgan fingerprint density at radius 2 is 2.20 bits per heavy atom. The summed E-state index contributed by atoms with van der Waals surface area (Å²) in [5.41, 5.74) is 2.62. The van der Waals surface area contributed by atoms with Gasteiger partial charge in [0.1, 0.15) is 0 Å². The molecule has 2 rings (SSSR count). The molecule has 20 heavy (non-hydrogen) atoms. The van der Waals surface area contributed by atoms with Gasteiger partial charge < -0.3 is 15.0 Å². The summed E-state index contributed by atoms with van der Waals surface area (Å²) in [7, 11) is 3.99. The van der Waals surface area contributed by atoms with Crippen molar-refractivity contribution in [3.8, 4) is 0 Å². The summed E-state index contributed by atoms with van der Waals surface area (Å²) in [5, 5.41) is 3.73. The molecular formula is C17H28N2O. The molecule has 3 heteroatoms. The number of rotatable bonds is 6. The monoisotopic (exact) mass is 276 g/mol. The topological polar surface area (TPSA) is 24.5 Å². The number of ether oxygens (including phenoxy) is 1. The Balaban J connectivity index is 1.97. The molecule has 1 aliphatic rings. The van der Waals surface area contributed by atoms with E-state index in [-0.39, 0.29) is 0 Å². The lowest BCUT2D eigenvalue weighted by Gasteiger charge is -2.34. The molecule has 0 radical (unpaired) electrons. The number of anilines is 1. The van der Waals surface area contributed by atoms with Crippen molar-refractivity contribution in [3.05, 3.63) is 29.8 Å². The van der Waals surface area contributed by atoms with Crippen molar-refractivity contribution < 1.29 is 4.74 Å². The third kappa shape index (κ3) is 4.22. The number of benzene rings is 1. The Labute approximate surface area is 123 Å². The number of piperidine rings is 1. The fourth-order valence-corrected chi connectivity index (χ4v) is 3.07. The Morgan fingerprint density at radius 3 is 2.95 bits per heavy atom. The van der Waals surface area contributed by atoms with Gasteiger partial charge in [0, 0.05) is 25.4 Å². The predicted molar refractivity (Wildman–Crippen MR) is 85.3 cm³/mol. The van der Waals surface area contributed by atoms with E-state index in [4.69, 9.17) is 4.74 Å². The molecule has 0 bridgehead atoms. The minimum Gasteiger partial charge on any atom is -0.384 e. The van der Waals surface area contributed by atoms with E-state index in [1.807, 2.05) is 0 Å². The molecule has 0 aliphatic carbocycles. The van der Waals surface area contributed by atoms with Gasteiger partial charge in [-0.2, -0.15) is 0 Å². The number of nitrogens with zero attached hydrogens (tertiary/aromatic N) is 1. The second-order valence-electron chi connectivity index (χ2n) is 6.00. The molecule has 2 unspecified atom stereocenters. The molecule has 2 atom stereocenters. The van der Waals surface area contributed by atoms with Crippen molar-refractivity contribution >= 4 is 5.69 Å². The number of methoxy groups -OCH3 is 1. The smallest absolute Gasteiger partial charge is 0.0503 e. The van der Waals surface area contributed by atoms with Crippen LogP contribution >= 0.6 is 0 Å². The van der Waals surface area contributed by atoms with Crippen LogP contribution in [0.5, 0.6) is 0 Å². The van der Waals surface area contributed by atoms with Gasteiger partial charge >= 0.3 is 0 Å². The molecule has 1 aliphatic heterocycles. The second-order valence-corrected chi connectivity index (χ2v) is 6.00. The van der Waals surface area contributed by atoms with Gasteiger partial charge in [-0.05, 0) is 57.3 Å². The molecule has 0 amide bonds. The third-order valence-corrected chi connectivity index (χ3v) is 4.34. The summed E-state index contributed by atoms with van der Waals surface area (Å²) >= 11 is 0. The standard InChI is InChI=1S/C17H28N2O/c1-14(16-8-6-11-19(2)13-16)18-17-9-5-4-7-15(17)10-12-20-3/h4-5,7,9,14,16,18H,6,8,10-13H2,1-3H3. The first-order chi connectivity index (χ1) is 9.70. The van der Waals surface area contributed by atoms with Crippen LogP contribution in [0.25, 0.3) is 0 Å². The van der Waals surface area contributed by atoms with Gasteiger partial charge in [-0.25, -0.2) is 0 Å². The summed E-state index contributed by atoms with van der Waals surface area (Å²) in [6.45, 7) is 5.54. The van der Waals surface area contributed by atoms with E-state index in [1.165, 1.54) is 37.2 Å². The van der Waals surface area contributed by atoms with Gasteiger partial charge in [-0.3, -0.25) is 0 Å². The summed E-state index contributed by atoms with van der Waals surface area (Å²) in [6, 6.07) is 9.12. The van der Waals surface area contributed by atoms with E-state index < -0.39 is 0 Å². The molecule has 1 aromatic carbocycles. The maximum atomic E-state index is 5.20. The lowest BCUT2D eigenvalue weighted by Crippen LogP contribution is -2.40. The lowest BCUT2D eigenvalue weighted by atomic mass is 9.91. The second kappa shape index (κ2) is 7.65. The summed E-state index contributed by atoms with van der Waals surface area (Å²) < 4.78 is 5.20. The average molecular weight is 276 g/mol. The number of likely N-dealkylation sites (tertiary alicyclic amines) is 1. The predicted octanol–water partition coefficient (Wildman–Crippen LogP) is 3.02. The minimum atomic E-state index is 0.515. The first-order valence-corrected chi connectivity index (χ1v) is 7.72. The van der Waals surface area contributed by atoms with E-state index in [2.05, 4.69) is 48.5 Å². The molecule has 1 saturated heterocycles. The zero-order valence-electron chi connectivity index (χ0n) is 13.1. The quantitative estimate of drug-likeness (QED) is 0.864. The molecule has 1 N–H and O–H groups in total. The Hall–Kier alpha value is -1.06. The normalized spacial score (nSPS) is 21.6. The van der Waals surface area contributed by atoms with Crippen LogP contribution in [0.2, 0.25) is 0 Å². The number of hydrogen-bond acceptors (Lipinski definition) is 3. The van der Waals surface area contributed by atoms with Crippen molar-refractivity contribution in [1.29, 1.82) is 0 Å². The molecule has 1 heterocycles. The SMILES string of the molecule is COCCc1ccccc1NC(C)C1CCCN(C)C1. The highest BCUT2D eigenvalue weighted by molar-refractivity contribution is 5.51. The first kappa shape index (κ1) is 15.3. The van der Waals surface area contributed by atoms with Gasteiger partial charge in [-0.1, -0.05) is 18.2 Å². The van der Waals surface area contributed by atoms with Crippen LogP contribution < -0.4 is 5.32 Å². The fraction of sp³-hybridized carbons (Fsp3) is 0.647. The Morgan fingerprint density at radius 1 is 1.40 bits per heavy atom. The van der Waals surface area contributed by atoms with Crippen LogP contribution in [0.1, 0.15) is 25.3 Å². The van der Waals surface area contributed by atoms with E-state index in [0.717, 1.165) is 18.9 Å². The summed E-state index contributed by atoms with van der Waals surface area (Å²) in [4.78, 5) is 2.45. The summed E-state index contributed by atoms with van der Waals surface area (Å²) in [5.74, 6) is 0.740. The number of para-hydroxylation sites is 1. The molecule has 1 fully saturated rings. The highest BCUT2D eigenvalue weighted by Gasteiger charge is 2.23. The average Bonchev–Trinajstić information content (AvgIpc) is 2.46. The van der Waals surface area contributed by atoms with E-state index in [9.17, 15) is 0 Å². The fourth-order valence-electron chi connectivity index (χ4n) is 3.07. The van der Waals surface area contributed by atoms with E-state index in [1.54, 1.807) is 7.11 Å². The van der Waals surface area contributed by atoms with E-state index >= 15 is 0 Å².